The molecule has 0 heterocycles. The Balaban J connectivity index is 1.81. The lowest BCUT2D eigenvalue weighted by atomic mass is 10.1. The summed E-state index contributed by atoms with van der Waals surface area (Å²) in [5, 5.41) is 3.55. The van der Waals surface area contributed by atoms with E-state index in [4.69, 9.17) is 4.74 Å². The van der Waals surface area contributed by atoms with Crippen molar-refractivity contribution in [1.29, 1.82) is 0 Å². The highest BCUT2D eigenvalue weighted by molar-refractivity contribution is 9.10. The van der Waals surface area contributed by atoms with Gasteiger partial charge >= 0.3 is 0 Å². The summed E-state index contributed by atoms with van der Waals surface area (Å²) in [6.45, 7) is 6.51. The van der Waals surface area contributed by atoms with Crippen molar-refractivity contribution in [2.75, 3.05) is 26.8 Å². The van der Waals surface area contributed by atoms with Gasteiger partial charge in [-0.25, -0.2) is 0 Å². The maximum Gasteiger partial charge on any atom is 0.0593 e. The molecule has 1 aromatic carbocycles. The van der Waals surface area contributed by atoms with Crippen LogP contribution in [0.25, 0.3) is 0 Å². The fourth-order valence-corrected chi connectivity index (χ4v) is 2.66. The van der Waals surface area contributed by atoms with Gasteiger partial charge in [0.2, 0.25) is 0 Å². The summed E-state index contributed by atoms with van der Waals surface area (Å²) in [6, 6.07) is 7.45. The molecular weight excluding hydrogens is 316 g/mol. The Morgan fingerprint density at radius 3 is 2.85 bits per heavy atom. The molecule has 1 aromatic rings. The quantitative estimate of drug-likeness (QED) is 0.699. The van der Waals surface area contributed by atoms with Crippen LogP contribution in [0.2, 0.25) is 0 Å². The van der Waals surface area contributed by atoms with E-state index in [1.807, 2.05) is 6.92 Å². The van der Waals surface area contributed by atoms with Gasteiger partial charge in [-0.1, -0.05) is 28.1 Å². The van der Waals surface area contributed by atoms with Gasteiger partial charge < -0.3 is 10.1 Å². The Morgan fingerprint density at radius 1 is 1.40 bits per heavy atom. The van der Waals surface area contributed by atoms with Crippen LogP contribution in [0.5, 0.6) is 0 Å². The molecule has 1 saturated carbocycles. The predicted octanol–water partition coefficient (Wildman–Crippen LogP) is 3.17. The summed E-state index contributed by atoms with van der Waals surface area (Å²) >= 11 is 3.69. The number of hydrogen-bond acceptors (Lipinski definition) is 3. The highest BCUT2D eigenvalue weighted by Crippen LogP contribution is 2.22. The van der Waals surface area contributed by atoms with Crippen LogP contribution in [-0.4, -0.2) is 37.7 Å². The number of nitrogens with zero attached hydrogens (tertiary/aromatic N) is 1. The van der Waals surface area contributed by atoms with Crippen molar-refractivity contribution < 1.29 is 4.74 Å². The average molecular weight is 341 g/mol. The third-order valence-corrected chi connectivity index (χ3v) is 4.29. The first-order chi connectivity index (χ1) is 9.69. The normalized spacial score (nSPS) is 15.0. The highest BCUT2D eigenvalue weighted by Gasteiger charge is 2.19. The summed E-state index contributed by atoms with van der Waals surface area (Å²) in [6.07, 6.45) is 2.67. The smallest absolute Gasteiger partial charge is 0.0593 e. The summed E-state index contributed by atoms with van der Waals surface area (Å²) < 4.78 is 6.59. The molecule has 0 atom stereocenters. The van der Waals surface area contributed by atoms with E-state index in [9.17, 15) is 0 Å². The van der Waals surface area contributed by atoms with Crippen LogP contribution in [0.1, 0.15) is 30.9 Å². The molecule has 0 bridgehead atoms. The van der Waals surface area contributed by atoms with Gasteiger partial charge in [0.25, 0.3) is 0 Å². The molecule has 0 unspecified atom stereocenters. The first-order valence-corrected chi connectivity index (χ1v) is 8.25. The molecule has 0 amide bonds. The van der Waals surface area contributed by atoms with Gasteiger partial charge in [-0.2, -0.15) is 0 Å². The number of nitrogens with one attached hydrogen (secondary N) is 1. The van der Waals surface area contributed by atoms with Gasteiger partial charge in [0.1, 0.15) is 0 Å². The molecule has 4 heteroatoms. The van der Waals surface area contributed by atoms with Gasteiger partial charge in [0, 0.05) is 36.8 Å². The zero-order chi connectivity index (χ0) is 14.4. The van der Waals surface area contributed by atoms with Crippen LogP contribution in [0, 0.1) is 0 Å². The molecule has 2 rings (SSSR count). The second-order valence-corrected chi connectivity index (χ2v) is 6.37. The Labute approximate surface area is 130 Å². The van der Waals surface area contributed by atoms with Gasteiger partial charge in [0.05, 0.1) is 6.61 Å². The average Bonchev–Trinajstić information content (AvgIpc) is 3.24. The molecule has 1 fully saturated rings. The third kappa shape index (κ3) is 5.52. The Hall–Kier alpha value is -0.420. The largest absolute Gasteiger partial charge is 0.380 e. The van der Waals surface area contributed by atoms with Crippen molar-refractivity contribution in [1.82, 2.24) is 10.2 Å². The van der Waals surface area contributed by atoms with E-state index in [1.54, 1.807) is 0 Å². The zero-order valence-corrected chi connectivity index (χ0v) is 14.1. The summed E-state index contributed by atoms with van der Waals surface area (Å²) in [4.78, 5) is 2.29. The van der Waals surface area contributed by atoms with Gasteiger partial charge in [-0.05, 0) is 44.0 Å². The van der Waals surface area contributed by atoms with E-state index in [1.165, 1.54) is 28.4 Å². The molecule has 0 spiro atoms. The Kier molecular flexibility index (Phi) is 6.49. The minimum Gasteiger partial charge on any atom is -0.380 e. The number of benzene rings is 1. The molecule has 0 radical (unpaired) electrons. The van der Waals surface area contributed by atoms with Crippen LogP contribution in [0.4, 0.5) is 0 Å². The van der Waals surface area contributed by atoms with Crippen LogP contribution < -0.4 is 5.32 Å². The molecule has 1 aliphatic carbocycles. The second-order valence-electron chi connectivity index (χ2n) is 5.52. The number of rotatable bonds is 9. The first kappa shape index (κ1) is 16.0. The van der Waals surface area contributed by atoms with Crippen molar-refractivity contribution in [2.45, 2.75) is 38.9 Å². The van der Waals surface area contributed by atoms with E-state index < -0.39 is 0 Å². The summed E-state index contributed by atoms with van der Waals surface area (Å²) in [7, 11) is 2.13. The van der Waals surface area contributed by atoms with Crippen molar-refractivity contribution in [3.63, 3.8) is 0 Å². The lowest BCUT2D eigenvalue weighted by Gasteiger charge is -2.18. The van der Waals surface area contributed by atoms with E-state index in [-0.39, 0.29) is 0 Å². The molecule has 0 aromatic heterocycles. The standard InChI is InChI=1S/C16H25BrN2O/c1-3-20-9-8-19(2)12-14-5-4-13(10-16(14)17)11-18-15-6-7-15/h4-5,10,15,18H,3,6-9,11-12H2,1-2H3. The third-order valence-electron chi connectivity index (χ3n) is 3.55. The Bertz CT molecular complexity index is 421. The summed E-state index contributed by atoms with van der Waals surface area (Å²) in [5.74, 6) is 0. The van der Waals surface area contributed by atoms with Gasteiger partial charge in [-0.3, -0.25) is 4.90 Å². The SMILES string of the molecule is CCOCCN(C)Cc1ccc(CNC2CC2)cc1Br. The monoisotopic (exact) mass is 340 g/mol. The maximum absolute atomic E-state index is 5.39. The van der Waals surface area contributed by atoms with E-state index in [0.29, 0.717) is 0 Å². The topological polar surface area (TPSA) is 24.5 Å². The molecule has 3 nitrogen and oxygen atoms in total. The van der Waals surface area contributed by atoms with Crippen molar-refractivity contribution in [3.8, 4) is 0 Å². The van der Waals surface area contributed by atoms with Crippen molar-refractivity contribution >= 4 is 15.9 Å². The number of halogens is 1. The summed E-state index contributed by atoms with van der Waals surface area (Å²) in [5.41, 5.74) is 2.68. The molecule has 0 aliphatic heterocycles. The fraction of sp³-hybridized carbons (Fsp3) is 0.625. The van der Waals surface area contributed by atoms with Crippen molar-refractivity contribution in [3.05, 3.63) is 33.8 Å². The number of likely N-dealkylation sites (N-methyl/N-ethyl adjacent to an activating group) is 1. The Morgan fingerprint density at radius 2 is 2.20 bits per heavy atom. The number of hydrogen-bond donors (Lipinski definition) is 1. The lowest BCUT2D eigenvalue weighted by molar-refractivity contribution is 0.120. The molecule has 112 valence electrons. The van der Waals surface area contributed by atoms with E-state index >= 15 is 0 Å². The molecule has 20 heavy (non-hydrogen) atoms. The number of ether oxygens (including phenoxy) is 1. The van der Waals surface area contributed by atoms with Crippen LogP contribution in [0.15, 0.2) is 22.7 Å². The molecule has 1 N–H and O–H groups in total. The van der Waals surface area contributed by atoms with E-state index in [0.717, 1.165) is 38.9 Å². The molecular formula is C16H25BrN2O. The van der Waals surface area contributed by atoms with Crippen molar-refractivity contribution in [2.24, 2.45) is 0 Å². The lowest BCUT2D eigenvalue weighted by Crippen LogP contribution is -2.23. The van der Waals surface area contributed by atoms with Crippen LogP contribution in [-0.2, 0) is 17.8 Å². The van der Waals surface area contributed by atoms with E-state index in [2.05, 4.69) is 51.4 Å². The minimum absolute atomic E-state index is 0.762. The van der Waals surface area contributed by atoms with Crippen LogP contribution >= 0.6 is 15.9 Å². The first-order valence-electron chi connectivity index (χ1n) is 7.46. The molecule has 0 saturated heterocycles. The second kappa shape index (κ2) is 8.13. The minimum atomic E-state index is 0.762. The molecule has 1 aliphatic rings. The van der Waals surface area contributed by atoms with Gasteiger partial charge in [0.15, 0.2) is 0 Å². The van der Waals surface area contributed by atoms with Crippen LogP contribution in [0.3, 0.4) is 0 Å². The van der Waals surface area contributed by atoms with Gasteiger partial charge in [-0.15, -0.1) is 0 Å². The maximum atomic E-state index is 5.39. The predicted molar refractivity (Wildman–Crippen MR) is 86.8 cm³/mol. The fourth-order valence-electron chi connectivity index (χ4n) is 2.11. The zero-order valence-electron chi connectivity index (χ0n) is 12.5. The highest BCUT2D eigenvalue weighted by atomic mass is 79.9.